The lowest BCUT2D eigenvalue weighted by atomic mass is 10.2. The van der Waals surface area contributed by atoms with Crippen LogP contribution in [-0.2, 0) is 39.6 Å². The van der Waals surface area contributed by atoms with Crippen LogP contribution in [-0.4, -0.2) is 52.7 Å². The van der Waals surface area contributed by atoms with Gasteiger partial charge in [-0.3, -0.25) is 13.9 Å². The number of ether oxygens (including phenoxy) is 1. The summed E-state index contributed by atoms with van der Waals surface area (Å²) >= 11 is 0. The van der Waals surface area contributed by atoms with Gasteiger partial charge in [0, 0.05) is 6.92 Å². The third-order valence-corrected chi connectivity index (χ3v) is 6.48. The molecule has 0 atom stereocenters. The fraction of sp³-hybridized carbons (Fsp3) is 0.364. The predicted molar refractivity (Wildman–Crippen MR) is 79.5 cm³/mol. The summed E-state index contributed by atoms with van der Waals surface area (Å²) in [5, 5.41) is 0. The second kappa shape index (κ2) is 6.76. The number of hydrogen-bond acceptors (Lipinski definition) is 8. The van der Waals surface area contributed by atoms with Crippen molar-refractivity contribution < 1.29 is 43.9 Å². The first kappa shape index (κ1) is 20.5. The minimum atomic E-state index is -4.96. The molecule has 0 aliphatic carbocycles. The van der Waals surface area contributed by atoms with Gasteiger partial charge >= 0.3 is 5.97 Å². The highest BCUT2D eigenvalue weighted by molar-refractivity contribution is 7.91. The van der Waals surface area contributed by atoms with Crippen LogP contribution in [0.2, 0.25) is 0 Å². The lowest BCUT2D eigenvalue weighted by molar-refractivity contribution is -0.140. The largest absolute Gasteiger partial charge is 0.465 e. The topological polar surface area (TPSA) is 169 Å². The standard InChI is InChI=1S/C11H14O10S3/c1-7-10(23(15,16)17)5-9(6-11(7)24(18,19)20)22(13,14)4-3-21-8(2)12/h5-6H,3-4H2,1-2H3,(H,15,16,17)(H,18,19,20). The molecule has 1 rings (SSSR count). The molecule has 0 aromatic heterocycles. The quantitative estimate of drug-likeness (QED) is 0.481. The third kappa shape index (κ3) is 4.98. The molecule has 0 heterocycles. The molecule has 1 aromatic rings. The van der Waals surface area contributed by atoms with E-state index in [1.54, 1.807) is 0 Å². The van der Waals surface area contributed by atoms with E-state index in [1.807, 2.05) is 0 Å². The van der Waals surface area contributed by atoms with Gasteiger partial charge in [-0.2, -0.15) is 16.8 Å². The van der Waals surface area contributed by atoms with Crippen molar-refractivity contribution in [3.63, 3.8) is 0 Å². The average Bonchev–Trinajstić information content (AvgIpc) is 2.34. The Hall–Kier alpha value is -1.54. The number of benzene rings is 1. The normalized spacial score (nSPS) is 12.8. The summed E-state index contributed by atoms with van der Waals surface area (Å²) < 4.78 is 92.3. The Kier molecular flexibility index (Phi) is 5.77. The molecule has 136 valence electrons. The molecule has 0 bridgehead atoms. The zero-order chi connectivity index (χ0) is 18.9. The lowest BCUT2D eigenvalue weighted by Crippen LogP contribution is -2.16. The molecule has 0 aliphatic heterocycles. The molecule has 2 N–H and O–H groups in total. The number of carbonyl (C=O) groups is 1. The fourth-order valence-electron chi connectivity index (χ4n) is 1.77. The van der Waals surface area contributed by atoms with Gasteiger partial charge in [-0.15, -0.1) is 0 Å². The minimum absolute atomic E-state index is 0.543. The number of carbonyl (C=O) groups excluding carboxylic acids is 1. The highest BCUT2D eigenvalue weighted by atomic mass is 32.2. The van der Waals surface area contributed by atoms with E-state index in [0.717, 1.165) is 13.8 Å². The van der Waals surface area contributed by atoms with Crippen LogP contribution >= 0.6 is 0 Å². The van der Waals surface area contributed by atoms with Crippen molar-refractivity contribution in [3.8, 4) is 0 Å². The molecule has 0 saturated carbocycles. The van der Waals surface area contributed by atoms with Gasteiger partial charge < -0.3 is 4.74 Å². The Morgan fingerprint density at radius 1 is 1.00 bits per heavy atom. The Bertz CT molecular complexity index is 918. The van der Waals surface area contributed by atoms with Crippen LogP contribution in [0.25, 0.3) is 0 Å². The van der Waals surface area contributed by atoms with Crippen LogP contribution < -0.4 is 0 Å². The van der Waals surface area contributed by atoms with Crippen molar-refractivity contribution in [2.45, 2.75) is 28.5 Å². The summed E-state index contributed by atoms with van der Waals surface area (Å²) in [6.07, 6.45) is 0. The van der Waals surface area contributed by atoms with E-state index in [0.29, 0.717) is 12.1 Å². The van der Waals surface area contributed by atoms with E-state index in [4.69, 9.17) is 9.11 Å². The van der Waals surface area contributed by atoms with Crippen molar-refractivity contribution in [1.82, 2.24) is 0 Å². The summed E-state index contributed by atoms with van der Waals surface area (Å²) in [4.78, 5) is 7.90. The maximum atomic E-state index is 12.1. The number of esters is 1. The van der Waals surface area contributed by atoms with Gasteiger partial charge in [-0.05, 0) is 24.6 Å². The van der Waals surface area contributed by atoms with E-state index >= 15 is 0 Å². The van der Waals surface area contributed by atoms with Crippen LogP contribution in [0.1, 0.15) is 12.5 Å². The maximum absolute atomic E-state index is 12.1. The van der Waals surface area contributed by atoms with Crippen molar-refractivity contribution in [3.05, 3.63) is 17.7 Å². The second-order valence-electron chi connectivity index (χ2n) is 4.65. The molecule has 0 amide bonds. The zero-order valence-electron chi connectivity index (χ0n) is 12.5. The monoisotopic (exact) mass is 402 g/mol. The molecule has 0 aliphatic rings. The number of hydrogen-bond donors (Lipinski definition) is 2. The second-order valence-corrected chi connectivity index (χ2v) is 9.54. The van der Waals surface area contributed by atoms with E-state index in [9.17, 15) is 30.0 Å². The van der Waals surface area contributed by atoms with Crippen LogP contribution in [0.15, 0.2) is 26.8 Å². The summed E-state index contributed by atoms with van der Waals surface area (Å²) in [6, 6.07) is 1.12. The molecular weight excluding hydrogens is 388 g/mol. The number of rotatable bonds is 6. The van der Waals surface area contributed by atoms with Crippen molar-refractivity contribution in [2.75, 3.05) is 12.4 Å². The van der Waals surface area contributed by atoms with Gasteiger partial charge in [0.1, 0.15) is 6.61 Å². The van der Waals surface area contributed by atoms with Gasteiger partial charge in [-0.1, -0.05) is 0 Å². The van der Waals surface area contributed by atoms with E-state index in [-0.39, 0.29) is 0 Å². The summed E-state index contributed by atoms with van der Waals surface area (Å²) in [6.45, 7) is 1.47. The van der Waals surface area contributed by atoms with Crippen molar-refractivity contribution in [1.29, 1.82) is 0 Å². The molecule has 10 nitrogen and oxygen atoms in total. The third-order valence-electron chi connectivity index (χ3n) is 2.86. The molecule has 13 heteroatoms. The van der Waals surface area contributed by atoms with E-state index in [2.05, 4.69) is 4.74 Å². The van der Waals surface area contributed by atoms with Crippen LogP contribution in [0, 0.1) is 6.92 Å². The van der Waals surface area contributed by atoms with Gasteiger partial charge in [0.25, 0.3) is 20.2 Å². The molecule has 0 saturated heterocycles. The average molecular weight is 402 g/mol. The number of sulfone groups is 1. The molecule has 1 aromatic carbocycles. The van der Waals surface area contributed by atoms with Gasteiger partial charge in [0.15, 0.2) is 9.84 Å². The highest BCUT2D eigenvalue weighted by Gasteiger charge is 2.27. The Balaban J connectivity index is 3.58. The Labute approximate surface area is 138 Å². The molecule has 0 radical (unpaired) electrons. The molecule has 0 spiro atoms. The first-order valence-corrected chi connectivity index (χ1v) is 10.7. The molecule has 0 fully saturated rings. The minimum Gasteiger partial charge on any atom is -0.465 e. The van der Waals surface area contributed by atoms with E-state index < -0.39 is 68.7 Å². The fourth-order valence-corrected chi connectivity index (χ4v) is 4.66. The Morgan fingerprint density at radius 2 is 1.42 bits per heavy atom. The van der Waals surface area contributed by atoms with Crippen LogP contribution in [0.5, 0.6) is 0 Å². The predicted octanol–water partition coefficient (Wildman–Crippen LogP) is -0.175. The molecular formula is C11H14O10S3. The van der Waals surface area contributed by atoms with Crippen molar-refractivity contribution >= 4 is 36.0 Å². The summed E-state index contributed by atoms with van der Waals surface area (Å²) in [5.74, 6) is -1.50. The van der Waals surface area contributed by atoms with Gasteiger partial charge in [0.2, 0.25) is 0 Å². The van der Waals surface area contributed by atoms with E-state index in [1.165, 1.54) is 0 Å². The summed E-state index contributed by atoms with van der Waals surface area (Å²) in [7, 11) is -14.2. The molecule has 24 heavy (non-hydrogen) atoms. The SMILES string of the molecule is CC(=O)OCCS(=O)(=O)c1cc(S(=O)(=O)O)c(C)c(S(=O)(=O)O)c1. The smallest absolute Gasteiger partial charge is 0.302 e. The summed E-state index contributed by atoms with van der Waals surface area (Å²) in [5.41, 5.74) is -0.543. The zero-order valence-corrected chi connectivity index (χ0v) is 14.9. The van der Waals surface area contributed by atoms with Gasteiger partial charge in [0.05, 0.1) is 20.4 Å². The first-order valence-electron chi connectivity index (χ1n) is 6.12. The maximum Gasteiger partial charge on any atom is 0.302 e. The molecule has 0 unspecified atom stereocenters. The highest BCUT2D eigenvalue weighted by Crippen LogP contribution is 2.27. The Morgan fingerprint density at radius 3 is 1.75 bits per heavy atom. The lowest BCUT2D eigenvalue weighted by Gasteiger charge is -2.11. The van der Waals surface area contributed by atoms with Crippen LogP contribution in [0.3, 0.4) is 0 Å². The van der Waals surface area contributed by atoms with Crippen molar-refractivity contribution in [2.24, 2.45) is 0 Å². The van der Waals surface area contributed by atoms with Gasteiger partial charge in [-0.25, -0.2) is 8.42 Å². The van der Waals surface area contributed by atoms with Crippen LogP contribution in [0.4, 0.5) is 0 Å². The first-order chi connectivity index (χ1) is 10.7.